The maximum absolute atomic E-state index is 12.0. The standard InChI is InChI=1S/C18H20N2O3/c1-12-4-5-13(2)16(10-12)20-18(22)17(21)19-11-14-6-8-15(23-3)9-7-14/h4-10H,11H2,1-3H3,(H,19,21)(H,20,22). The van der Waals surface area contributed by atoms with Crippen molar-refractivity contribution in [1.82, 2.24) is 5.32 Å². The van der Waals surface area contributed by atoms with Crippen LogP contribution in [0.2, 0.25) is 0 Å². The predicted octanol–water partition coefficient (Wildman–Crippen LogP) is 2.57. The summed E-state index contributed by atoms with van der Waals surface area (Å²) in [4.78, 5) is 23.8. The molecular weight excluding hydrogens is 292 g/mol. The fourth-order valence-electron chi connectivity index (χ4n) is 2.06. The van der Waals surface area contributed by atoms with Crippen LogP contribution in [0.15, 0.2) is 42.5 Å². The number of ether oxygens (including phenoxy) is 1. The average Bonchev–Trinajstić information content (AvgIpc) is 2.56. The predicted molar refractivity (Wildman–Crippen MR) is 89.4 cm³/mol. The van der Waals surface area contributed by atoms with E-state index in [1.165, 1.54) is 0 Å². The third-order valence-corrected chi connectivity index (χ3v) is 3.46. The number of carbonyl (C=O) groups is 2. The van der Waals surface area contributed by atoms with Gasteiger partial charge in [0.2, 0.25) is 0 Å². The summed E-state index contributed by atoms with van der Waals surface area (Å²) in [5.41, 5.74) is 3.46. The summed E-state index contributed by atoms with van der Waals surface area (Å²) >= 11 is 0. The van der Waals surface area contributed by atoms with E-state index in [-0.39, 0.29) is 6.54 Å². The molecule has 0 aliphatic heterocycles. The van der Waals surface area contributed by atoms with Crippen molar-refractivity contribution in [2.75, 3.05) is 12.4 Å². The lowest BCUT2D eigenvalue weighted by Crippen LogP contribution is -2.35. The van der Waals surface area contributed by atoms with Gasteiger partial charge in [-0.2, -0.15) is 0 Å². The van der Waals surface area contributed by atoms with E-state index >= 15 is 0 Å². The number of rotatable bonds is 4. The molecular formula is C18H20N2O3. The van der Waals surface area contributed by atoms with Crippen LogP contribution in [0.3, 0.4) is 0 Å². The molecule has 2 N–H and O–H groups in total. The minimum atomic E-state index is -0.674. The Bertz CT molecular complexity index is 709. The monoisotopic (exact) mass is 312 g/mol. The summed E-state index contributed by atoms with van der Waals surface area (Å²) < 4.78 is 5.07. The van der Waals surface area contributed by atoms with Crippen LogP contribution in [0.1, 0.15) is 16.7 Å². The van der Waals surface area contributed by atoms with E-state index in [0.717, 1.165) is 22.4 Å². The van der Waals surface area contributed by atoms with Gasteiger partial charge in [-0.15, -0.1) is 0 Å². The molecule has 2 aromatic carbocycles. The van der Waals surface area contributed by atoms with E-state index in [1.807, 2.05) is 44.2 Å². The van der Waals surface area contributed by atoms with Gasteiger partial charge in [-0.1, -0.05) is 24.3 Å². The van der Waals surface area contributed by atoms with Crippen LogP contribution < -0.4 is 15.4 Å². The van der Waals surface area contributed by atoms with Gasteiger partial charge in [-0.25, -0.2) is 0 Å². The van der Waals surface area contributed by atoms with Crippen molar-refractivity contribution >= 4 is 17.5 Å². The Hall–Kier alpha value is -2.82. The van der Waals surface area contributed by atoms with E-state index < -0.39 is 11.8 Å². The summed E-state index contributed by atoms with van der Waals surface area (Å²) in [6.07, 6.45) is 0. The second-order valence-corrected chi connectivity index (χ2v) is 5.30. The van der Waals surface area contributed by atoms with Crippen LogP contribution in [-0.4, -0.2) is 18.9 Å². The van der Waals surface area contributed by atoms with Gasteiger partial charge in [-0.3, -0.25) is 9.59 Å². The quantitative estimate of drug-likeness (QED) is 0.853. The van der Waals surface area contributed by atoms with Crippen molar-refractivity contribution in [1.29, 1.82) is 0 Å². The van der Waals surface area contributed by atoms with Crippen LogP contribution >= 0.6 is 0 Å². The highest BCUT2D eigenvalue weighted by Crippen LogP contribution is 2.16. The number of anilines is 1. The van der Waals surface area contributed by atoms with Crippen molar-refractivity contribution in [2.24, 2.45) is 0 Å². The van der Waals surface area contributed by atoms with Crippen molar-refractivity contribution < 1.29 is 14.3 Å². The van der Waals surface area contributed by atoms with Crippen molar-refractivity contribution in [2.45, 2.75) is 20.4 Å². The summed E-state index contributed by atoms with van der Waals surface area (Å²) in [7, 11) is 1.59. The Kier molecular flexibility index (Phi) is 5.36. The third kappa shape index (κ3) is 4.57. The third-order valence-electron chi connectivity index (χ3n) is 3.46. The van der Waals surface area contributed by atoms with Gasteiger partial charge in [0.1, 0.15) is 5.75 Å². The summed E-state index contributed by atoms with van der Waals surface area (Å²) in [5, 5.41) is 5.23. The van der Waals surface area contributed by atoms with Gasteiger partial charge in [0.05, 0.1) is 7.11 Å². The first-order valence-electron chi connectivity index (χ1n) is 7.29. The molecule has 5 heteroatoms. The second-order valence-electron chi connectivity index (χ2n) is 5.30. The zero-order chi connectivity index (χ0) is 16.8. The molecule has 2 amide bonds. The molecule has 0 unspecified atom stereocenters. The minimum absolute atomic E-state index is 0.281. The zero-order valence-corrected chi connectivity index (χ0v) is 13.5. The first-order valence-corrected chi connectivity index (χ1v) is 7.29. The molecule has 0 aliphatic rings. The molecule has 0 aliphatic carbocycles. The first-order chi connectivity index (χ1) is 11.0. The Labute approximate surface area is 135 Å². The van der Waals surface area contributed by atoms with E-state index in [0.29, 0.717) is 5.69 Å². The Morgan fingerprint density at radius 2 is 1.70 bits per heavy atom. The smallest absolute Gasteiger partial charge is 0.313 e. The Morgan fingerprint density at radius 1 is 1.00 bits per heavy atom. The summed E-state index contributed by atoms with van der Waals surface area (Å²) in [5.74, 6) is -0.596. The lowest BCUT2D eigenvalue weighted by atomic mass is 10.1. The Balaban J connectivity index is 1.92. The number of aryl methyl sites for hydroxylation is 2. The number of amides is 2. The maximum atomic E-state index is 12.0. The molecule has 2 aromatic rings. The molecule has 0 spiro atoms. The van der Waals surface area contributed by atoms with Gasteiger partial charge in [0.15, 0.2) is 0 Å². The molecule has 0 bridgehead atoms. The largest absolute Gasteiger partial charge is 0.497 e. The molecule has 0 radical (unpaired) electrons. The van der Waals surface area contributed by atoms with E-state index in [4.69, 9.17) is 4.74 Å². The summed E-state index contributed by atoms with van der Waals surface area (Å²) in [6.45, 7) is 4.09. The molecule has 23 heavy (non-hydrogen) atoms. The van der Waals surface area contributed by atoms with Crippen LogP contribution in [0.4, 0.5) is 5.69 Å². The molecule has 5 nitrogen and oxygen atoms in total. The van der Waals surface area contributed by atoms with E-state index in [1.54, 1.807) is 19.2 Å². The molecule has 0 heterocycles. The van der Waals surface area contributed by atoms with Crippen LogP contribution in [0.25, 0.3) is 0 Å². The van der Waals surface area contributed by atoms with E-state index in [9.17, 15) is 9.59 Å². The number of nitrogens with one attached hydrogen (secondary N) is 2. The number of carbonyl (C=O) groups excluding carboxylic acids is 2. The second kappa shape index (κ2) is 7.45. The van der Waals surface area contributed by atoms with Gasteiger partial charge in [0, 0.05) is 12.2 Å². The number of hydrogen-bond acceptors (Lipinski definition) is 3. The first kappa shape index (κ1) is 16.5. The van der Waals surface area contributed by atoms with Crippen molar-refractivity contribution in [3.8, 4) is 5.75 Å². The van der Waals surface area contributed by atoms with Gasteiger partial charge in [0.25, 0.3) is 0 Å². The molecule has 0 aromatic heterocycles. The highest BCUT2D eigenvalue weighted by Gasteiger charge is 2.14. The maximum Gasteiger partial charge on any atom is 0.313 e. The van der Waals surface area contributed by atoms with Crippen molar-refractivity contribution in [3.05, 3.63) is 59.2 Å². The number of hydrogen-bond donors (Lipinski definition) is 2. The average molecular weight is 312 g/mol. The number of benzene rings is 2. The fourth-order valence-corrected chi connectivity index (χ4v) is 2.06. The zero-order valence-electron chi connectivity index (χ0n) is 13.5. The molecule has 120 valence electrons. The fraction of sp³-hybridized carbons (Fsp3) is 0.222. The minimum Gasteiger partial charge on any atom is -0.497 e. The Morgan fingerprint density at radius 3 is 2.35 bits per heavy atom. The van der Waals surface area contributed by atoms with Crippen molar-refractivity contribution in [3.63, 3.8) is 0 Å². The van der Waals surface area contributed by atoms with Gasteiger partial charge in [-0.05, 0) is 48.7 Å². The normalized spacial score (nSPS) is 10.0. The number of methoxy groups -OCH3 is 1. The van der Waals surface area contributed by atoms with Crippen LogP contribution in [0.5, 0.6) is 5.75 Å². The van der Waals surface area contributed by atoms with Gasteiger partial charge < -0.3 is 15.4 Å². The van der Waals surface area contributed by atoms with Crippen LogP contribution in [0, 0.1) is 13.8 Å². The SMILES string of the molecule is COc1ccc(CNC(=O)C(=O)Nc2cc(C)ccc2C)cc1. The lowest BCUT2D eigenvalue weighted by molar-refractivity contribution is -0.136. The lowest BCUT2D eigenvalue weighted by Gasteiger charge is -2.10. The molecule has 0 saturated carbocycles. The van der Waals surface area contributed by atoms with Gasteiger partial charge >= 0.3 is 11.8 Å². The molecule has 0 atom stereocenters. The molecule has 0 saturated heterocycles. The topological polar surface area (TPSA) is 67.4 Å². The highest BCUT2D eigenvalue weighted by molar-refractivity contribution is 6.39. The highest BCUT2D eigenvalue weighted by atomic mass is 16.5. The summed E-state index contributed by atoms with van der Waals surface area (Å²) in [6, 6.07) is 13.0. The molecule has 2 rings (SSSR count). The van der Waals surface area contributed by atoms with E-state index in [2.05, 4.69) is 10.6 Å². The molecule has 0 fully saturated rings. The van der Waals surface area contributed by atoms with Crippen LogP contribution in [-0.2, 0) is 16.1 Å².